The number of fused-ring (bicyclic) bond motifs is 1. The van der Waals surface area contributed by atoms with Crippen molar-refractivity contribution in [2.24, 2.45) is 0 Å². The Bertz CT molecular complexity index is 1210. The molecular formula is C22H20N4O3. The first-order valence-corrected chi connectivity index (χ1v) is 9.45. The molecule has 0 bridgehead atoms. The molecule has 0 unspecified atom stereocenters. The molecule has 0 aliphatic rings. The summed E-state index contributed by atoms with van der Waals surface area (Å²) in [4.78, 5) is 29.5. The van der Waals surface area contributed by atoms with Crippen molar-refractivity contribution in [2.75, 3.05) is 5.32 Å². The quantitative estimate of drug-likeness (QED) is 0.545. The normalized spacial score (nSPS) is 10.9. The van der Waals surface area contributed by atoms with Crippen molar-refractivity contribution in [3.8, 4) is 11.3 Å². The highest BCUT2D eigenvalue weighted by Gasteiger charge is 2.17. The third-order valence-corrected chi connectivity index (χ3v) is 4.76. The molecule has 0 aliphatic heterocycles. The first-order valence-electron chi connectivity index (χ1n) is 9.45. The van der Waals surface area contributed by atoms with Gasteiger partial charge in [0.1, 0.15) is 17.4 Å². The van der Waals surface area contributed by atoms with Gasteiger partial charge in [0.15, 0.2) is 0 Å². The minimum absolute atomic E-state index is 0.150. The van der Waals surface area contributed by atoms with Crippen LogP contribution in [0.25, 0.3) is 22.4 Å². The van der Waals surface area contributed by atoms with Crippen LogP contribution >= 0.6 is 0 Å². The molecule has 0 atom stereocenters. The highest BCUT2D eigenvalue weighted by atomic mass is 16.5. The number of hydrogen-bond donors (Lipinski definition) is 1. The van der Waals surface area contributed by atoms with Gasteiger partial charge in [0.05, 0.1) is 0 Å². The number of nitrogens with zero attached hydrogens (tertiary/aromatic N) is 3. The zero-order valence-corrected chi connectivity index (χ0v) is 16.0. The topological polar surface area (TPSA) is 90.0 Å². The molecule has 0 saturated heterocycles. The smallest absolute Gasteiger partial charge is 0.266 e. The van der Waals surface area contributed by atoms with E-state index in [-0.39, 0.29) is 30.1 Å². The van der Waals surface area contributed by atoms with Gasteiger partial charge in [-0.2, -0.15) is 0 Å². The number of aryl methyl sites for hydroxylation is 2. The van der Waals surface area contributed by atoms with Crippen LogP contribution in [0.15, 0.2) is 70.2 Å². The van der Waals surface area contributed by atoms with Crippen molar-refractivity contribution in [3.63, 3.8) is 0 Å². The van der Waals surface area contributed by atoms with E-state index in [1.54, 1.807) is 0 Å². The van der Waals surface area contributed by atoms with Gasteiger partial charge in [-0.3, -0.25) is 14.2 Å². The van der Waals surface area contributed by atoms with Crippen molar-refractivity contribution in [1.82, 2.24) is 14.7 Å². The van der Waals surface area contributed by atoms with E-state index in [2.05, 4.69) is 15.5 Å². The van der Waals surface area contributed by atoms with Crippen molar-refractivity contribution in [1.29, 1.82) is 0 Å². The van der Waals surface area contributed by atoms with Gasteiger partial charge in [0, 0.05) is 24.2 Å². The third-order valence-electron chi connectivity index (χ3n) is 4.76. The number of para-hydroxylation sites is 1. The molecule has 0 spiro atoms. The van der Waals surface area contributed by atoms with E-state index in [4.69, 9.17) is 4.52 Å². The SMILES string of the molecule is CCc1ccccc1NC(=O)CCn1cnc2onc(-c3ccccc3)c2c1=O. The maximum absolute atomic E-state index is 12.9. The van der Waals surface area contributed by atoms with Crippen molar-refractivity contribution < 1.29 is 9.32 Å². The van der Waals surface area contributed by atoms with Crippen molar-refractivity contribution in [3.05, 3.63) is 76.8 Å². The van der Waals surface area contributed by atoms with Crippen LogP contribution in [0.2, 0.25) is 0 Å². The minimum atomic E-state index is -0.281. The van der Waals surface area contributed by atoms with Gasteiger partial charge < -0.3 is 9.84 Å². The molecule has 1 N–H and O–H groups in total. The lowest BCUT2D eigenvalue weighted by atomic mass is 10.1. The highest BCUT2D eigenvalue weighted by molar-refractivity contribution is 5.91. The van der Waals surface area contributed by atoms with Crippen LogP contribution in [-0.2, 0) is 17.8 Å². The average Bonchev–Trinajstić information content (AvgIpc) is 3.19. The van der Waals surface area contributed by atoms with E-state index in [9.17, 15) is 9.59 Å². The monoisotopic (exact) mass is 388 g/mol. The fourth-order valence-electron chi connectivity index (χ4n) is 3.22. The van der Waals surface area contributed by atoms with Gasteiger partial charge in [-0.25, -0.2) is 4.98 Å². The molecule has 29 heavy (non-hydrogen) atoms. The molecule has 0 radical (unpaired) electrons. The van der Waals surface area contributed by atoms with Crippen LogP contribution in [0.4, 0.5) is 5.69 Å². The van der Waals surface area contributed by atoms with E-state index >= 15 is 0 Å². The summed E-state index contributed by atoms with van der Waals surface area (Å²) in [5.74, 6) is -0.161. The summed E-state index contributed by atoms with van der Waals surface area (Å²) in [6, 6.07) is 17.0. The number of amides is 1. The predicted octanol–water partition coefficient (Wildman–Crippen LogP) is 3.64. The maximum Gasteiger partial charge on any atom is 0.266 e. The summed E-state index contributed by atoms with van der Waals surface area (Å²) in [7, 11) is 0. The minimum Gasteiger partial charge on any atom is -0.335 e. The summed E-state index contributed by atoms with van der Waals surface area (Å²) in [5, 5.41) is 7.24. The van der Waals surface area contributed by atoms with Crippen LogP contribution in [0.1, 0.15) is 18.9 Å². The Morgan fingerprint density at radius 2 is 1.86 bits per heavy atom. The molecule has 1 amide bonds. The predicted molar refractivity (Wildman–Crippen MR) is 111 cm³/mol. The van der Waals surface area contributed by atoms with E-state index in [0.29, 0.717) is 11.1 Å². The standard InChI is InChI=1S/C22H20N4O3/c1-2-15-8-6-7-11-17(15)24-18(27)12-13-26-14-23-21-19(22(26)28)20(25-29-21)16-9-4-3-5-10-16/h3-11,14H,2,12-13H2,1H3,(H,24,27). The molecule has 4 aromatic rings. The molecular weight excluding hydrogens is 368 g/mol. The van der Waals surface area contributed by atoms with E-state index in [1.807, 2.05) is 61.5 Å². The second kappa shape index (κ2) is 8.10. The molecule has 4 rings (SSSR count). The second-order valence-corrected chi connectivity index (χ2v) is 6.63. The number of hydrogen-bond acceptors (Lipinski definition) is 5. The number of carbonyl (C=O) groups is 1. The molecule has 0 aliphatic carbocycles. The van der Waals surface area contributed by atoms with E-state index in [1.165, 1.54) is 10.9 Å². The first kappa shape index (κ1) is 18.6. The largest absolute Gasteiger partial charge is 0.335 e. The molecule has 2 heterocycles. The van der Waals surface area contributed by atoms with Crippen LogP contribution < -0.4 is 10.9 Å². The van der Waals surface area contributed by atoms with Crippen LogP contribution in [0.5, 0.6) is 0 Å². The summed E-state index contributed by atoms with van der Waals surface area (Å²) in [6.45, 7) is 2.25. The average molecular weight is 388 g/mol. The number of carbonyl (C=O) groups excluding carboxylic acids is 1. The lowest BCUT2D eigenvalue weighted by Gasteiger charge is -2.10. The molecule has 7 nitrogen and oxygen atoms in total. The molecule has 0 saturated carbocycles. The Morgan fingerprint density at radius 1 is 1.10 bits per heavy atom. The van der Waals surface area contributed by atoms with Crippen LogP contribution in [0.3, 0.4) is 0 Å². The number of benzene rings is 2. The van der Waals surface area contributed by atoms with Crippen LogP contribution in [0, 0.1) is 0 Å². The lowest BCUT2D eigenvalue weighted by Crippen LogP contribution is -2.23. The van der Waals surface area contributed by atoms with Gasteiger partial charge in [-0.15, -0.1) is 0 Å². The summed E-state index contributed by atoms with van der Waals surface area (Å²) in [6.07, 6.45) is 2.36. The van der Waals surface area contributed by atoms with Gasteiger partial charge >= 0.3 is 0 Å². The number of nitrogens with one attached hydrogen (secondary N) is 1. The summed E-state index contributed by atoms with van der Waals surface area (Å²) in [5.41, 5.74) is 3.00. The van der Waals surface area contributed by atoms with Crippen molar-refractivity contribution in [2.45, 2.75) is 26.3 Å². The lowest BCUT2D eigenvalue weighted by molar-refractivity contribution is -0.116. The molecule has 2 aromatic carbocycles. The Morgan fingerprint density at radius 3 is 2.66 bits per heavy atom. The Kier molecular flexibility index (Phi) is 5.20. The molecule has 7 heteroatoms. The van der Waals surface area contributed by atoms with Gasteiger partial charge in [0.2, 0.25) is 5.91 Å². The third kappa shape index (κ3) is 3.80. The Labute approximate surface area is 167 Å². The zero-order chi connectivity index (χ0) is 20.2. The fourth-order valence-corrected chi connectivity index (χ4v) is 3.22. The summed E-state index contributed by atoms with van der Waals surface area (Å²) < 4.78 is 6.63. The highest BCUT2D eigenvalue weighted by Crippen LogP contribution is 2.23. The maximum atomic E-state index is 12.9. The van der Waals surface area contributed by atoms with Gasteiger partial charge in [0.25, 0.3) is 11.3 Å². The van der Waals surface area contributed by atoms with Gasteiger partial charge in [-0.05, 0) is 18.1 Å². The van der Waals surface area contributed by atoms with E-state index in [0.717, 1.165) is 23.2 Å². The zero-order valence-electron chi connectivity index (χ0n) is 16.0. The Balaban J connectivity index is 1.55. The van der Waals surface area contributed by atoms with Gasteiger partial charge in [-0.1, -0.05) is 60.6 Å². The first-order chi connectivity index (χ1) is 14.2. The second-order valence-electron chi connectivity index (χ2n) is 6.63. The number of rotatable bonds is 6. The molecule has 2 aromatic heterocycles. The van der Waals surface area contributed by atoms with Crippen molar-refractivity contribution >= 4 is 22.7 Å². The van der Waals surface area contributed by atoms with E-state index < -0.39 is 0 Å². The molecule has 146 valence electrons. The fraction of sp³-hybridized carbons (Fsp3) is 0.182. The Hall–Kier alpha value is -3.74. The molecule has 0 fully saturated rings. The summed E-state index contributed by atoms with van der Waals surface area (Å²) >= 11 is 0. The number of aromatic nitrogens is 3. The van der Waals surface area contributed by atoms with Crippen LogP contribution in [-0.4, -0.2) is 20.6 Å². The number of anilines is 1.